The molecule has 1 aliphatic carbocycles. The molecule has 2 N–H and O–H groups in total. The van der Waals surface area contributed by atoms with Crippen LogP contribution in [0.15, 0.2) is 12.5 Å². The van der Waals surface area contributed by atoms with Crippen molar-refractivity contribution in [1.29, 1.82) is 0 Å². The largest absolute Gasteiger partial charge is 0.330 e. The zero-order chi connectivity index (χ0) is 8.39. The van der Waals surface area contributed by atoms with Crippen LogP contribution in [0.4, 0.5) is 0 Å². The molecule has 0 radical (unpaired) electrons. The van der Waals surface area contributed by atoms with E-state index >= 15 is 0 Å². The molecule has 3 heteroatoms. The summed E-state index contributed by atoms with van der Waals surface area (Å²) in [5.74, 6) is 0. The molecule has 0 saturated heterocycles. The maximum absolute atomic E-state index is 5.60. The molecule has 2 rings (SSSR count). The number of nitrogens with zero attached hydrogens (tertiary/aromatic N) is 2. The molecular weight excluding hydrogens is 150 g/mol. The molecule has 1 saturated carbocycles. The fraction of sp³-hybridized carbons (Fsp3) is 0.667. The Morgan fingerprint density at radius 3 is 2.92 bits per heavy atom. The van der Waals surface area contributed by atoms with Crippen molar-refractivity contribution < 1.29 is 0 Å². The third kappa shape index (κ3) is 1.25. The summed E-state index contributed by atoms with van der Waals surface area (Å²) in [5, 5.41) is 0. The number of rotatable bonds is 2. The van der Waals surface area contributed by atoms with E-state index in [0.717, 1.165) is 0 Å². The van der Waals surface area contributed by atoms with Crippen LogP contribution in [0.1, 0.15) is 37.4 Å². The van der Waals surface area contributed by atoms with E-state index in [4.69, 9.17) is 5.73 Å². The van der Waals surface area contributed by atoms with Gasteiger partial charge in [-0.25, -0.2) is 4.98 Å². The molecule has 1 aromatic heterocycles. The molecule has 0 atom stereocenters. The number of imidazole rings is 1. The predicted molar refractivity (Wildman–Crippen MR) is 47.6 cm³/mol. The van der Waals surface area contributed by atoms with Gasteiger partial charge in [0.15, 0.2) is 0 Å². The van der Waals surface area contributed by atoms with E-state index < -0.39 is 0 Å². The third-order valence-corrected chi connectivity index (χ3v) is 2.67. The second-order valence-electron chi connectivity index (χ2n) is 3.43. The molecule has 0 aliphatic heterocycles. The van der Waals surface area contributed by atoms with E-state index in [1.165, 1.54) is 31.4 Å². The van der Waals surface area contributed by atoms with Gasteiger partial charge in [-0.05, 0) is 12.8 Å². The van der Waals surface area contributed by atoms with Crippen LogP contribution in [0.25, 0.3) is 0 Å². The molecule has 0 amide bonds. The molecular formula is C9H15N3. The monoisotopic (exact) mass is 165 g/mol. The van der Waals surface area contributed by atoms with Gasteiger partial charge >= 0.3 is 0 Å². The lowest BCUT2D eigenvalue weighted by atomic mass is 10.2. The van der Waals surface area contributed by atoms with Crippen LogP contribution in [0, 0.1) is 0 Å². The van der Waals surface area contributed by atoms with E-state index in [-0.39, 0.29) is 0 Å². The van der Waals surface area contributed by atoms with Crippen LogP contribution in [-0.2, 0) is 6.54 Å². The Morgan fingerprint density at radius 1 is 1.50 bits per heavy atom. The maximum Gasteiger partial charge on any atom is 0.0951 e. The van der Waals surface area contributed by atoms with Crippen molar-refractivity contribution >= 4 is 0 Å². The van der Waals surface area contributed by atoms with Gasteiger partial charge in [0.1, 0.15) is 0 Å². The van der Waals surface area contributed by atoms with Gasteiger partial charge in [-0.3, -0.25) is 0 Å². The van der Waals surface area contributed by atoms with Crippen molar-refractivity contribution in [1.82, 2.24) is 9.55 Å². The number of hydrogen-bond acceptors (Lipinski definition) is 2. The smallest absolute Gasteiger partial charge is 0.0951 e. The Bertz CT molecular complexity index is 248. The normalized spacial score (nSPS) is 18.8. The van der Waals surface area contributed by atoms with E-state index in [2.05, 4.69) is 9.55 Å². The highest BCUT2D eigenvalue weighted by molar-refractivity contribution is 5.00. The number of nitrogens with two attached hydrogens (primary N) is 1. The Labute approximate surface area is 72.6 Å². The highest BCUT2D eigenvalue weighted by Crippen LogP contribution is 2.29. The molecule has 12 heavy (non-hydrogen) atoms. The van der Waals surface area contributed by atoms with Crippen LogP contribution in [0.3, 0.4) is 0 Å². The first-order valence-corrected chi connectivity index (χ1v) is 4.62. The van der Waals surface area contributed by atoms with Gasteiger partial charge in [0.2, 0.25) is 0 Å². The van der Waals surface area contributed by atoms with Crippen LogP contribution >= 0.6 is 0 Å². The van der Waals surface area contributed by atoms with E-state index in [9.17, 15) is 0 Å². The molecule has 1 heterocycles. The van der Waals surface area contributed by atoms with E-state index in [1.807, 2.05) is 12.5 Å². The van der Waals surface area contributed by atoms with Gasteiger partial charge in [0.05, 0.1) is 12.0 Å². The predicted octanol–water partition coefficient (Wildman–Crippen LogP) is 1.46. The summed E-state index contributed by atoms with van der Waals surface area (Å²) in [7, 11) is 0. The van der Waals surface area contributed by atoms with E-state index in [0.29, 0.717) is 12.6 Å². The van der Waals surface area contributed by atoms with Crippen molar-refractivity contribution in [3.63, 3.8) is 0 Å². The lowest BCUT2D eigenvalue weighted by molar-refractivity contribution is 0.501. The average Bonchev–Trinajstić information content (AvgIpc) is 2.74. The van der Waals surface area contributed by atoms with Crippen molar-refractivity contribution in [3.8, 4) is 0 Å². The molecule has 0 unspecified atom stereocenters. The van der Waals surface area contributed by atoms with Crippen LogP contribution in [-0.4, -0.2) is 9.55 Å². The SMILES string of the molecule is NCc1cncn1C1CCCC1. The molecule has 1 aromatic rings. The summed E-state index contributed by atoms with van der Waals surface area (Å²) >= 11 is 0. The standard InChI is InChI=1S/C9H15N3/c10-5-9-6-11-7-12(9)8-3-1-2-4-8/h6-8H,1-5,10H2. The fourth-order valence-electron chi connectivity index (χ4n) is 2.00. The Kier molecular flexibility index (Phi) is 2.13. The summed E-state index contributed by atoms with van der Waals surface area (Å²) < 4.78 is 2.24. The molecule has 0 aromatic carbocycles. The second kappa shape index (κ2) is 3.27. The second-order valence-corrected chi connectivity index (χ2v) is 3.43. The zero-order valence-corrected chi connectivity index (χ0v) is 7.24. The summed E-state index contributed by atoms with van der Waals surface area (Å²) in [6, 6.07) is 0.672. The van der Waals surface area contributed by atoms with E-state index in [1.54, 1.807) is 0 Å². The van der Waals surface area contributed by atoms with Gasteiger partial charge in [-0.2, -0.15) is 0 Å². The molecule has 3 nitrogen and oxygen atoms in total. The lowest BCUT2D eigenvalue weighted by Crippen LogP contribution is -2.10. The Morgan fingerprint density at radius 2 is 2.25 bits per heavy atom. The minimum atomic E-state index is 0.608. The van der Waals surface area contributed by atoms with Crippen LogP contribution in [0.2, 0.25) is 0 Å². The summed E-state index contributed by atoms with van der Waals surface area (Å²) in [6.45, 7) is 0.608. The van der Waals surface area contributed by atoms with Crippen molar-refractivity contribution in [3.05, 3.63) is 18.2 Å². The Balaban J connectivity index is 2.19. The molecule has 1 aliphatic rings. The topological polar surface area (TPSA) is 43.8 Å². The van der Waals surface area contributed by atoms with Crippen molar-refractivity contribution in [2.24, 2.45) is 5.73 Å². The summed E-state index contributed by atoms with van der Waals surface area (Å²) in [6.07, 6.45) is 9.09. The zero-order valence-electron chi connectivity index (χ0n) is 7.24. The first-order valence-electron chi connectivity index (χ1n) is 4.62. The quantitative estimate of drug-likeness (QED) is 0.721. The molecule has 0 bridgehead atoms. The average molecular weight is 165 g/mol. The third-order valence-electron chi connectivity index (χ3n) is 2.67. The van der Waals surface area contributed by atoms with Crippen molar-refractivity contribution in [2.45, 2.75) is 38.3 Å². The van der Waals surface area contributed by atoms with Gasteiger partial charge in [0, 0.05) is 18.8 Å². The fourth-order valence-corrected chi connectivity index (χ4v) is 2.00. The lowest BCUT2D eigenvalue weighted by Gasteiger charge is -2.13. The Hall–Kier alpha value is -0.830. The highest BCUT2D eigenvalue weighted by Gasteiger charge is 2.17. The van der Waals surface area contributed by atoms with Gasteiger partial charge in [-0.1, -0.05) is 12.8 Å². The molecule has 1 fully saturated rings. The number of aromatic nitrogens is 2. The minimum Gasteiger partial charge on any atom is -0.330 e. The van der Waals surface area contributed by atoms with Crippen LogP contribution < -0.4 is 5.73 Å². The maximum atomic E-state index is 5.60. The summed E-state index contributed by atoms with van der Waals surface area (Å²) in [4.78, 5) is 4.12. The first kappa shape index (κ1) is 7.80. The number of hydrogen-bond donors (Lipinski definition) is 1. The first-order chi connectivity index (χ1) is 5.92. The molecule has 66 valence electrons. The van der Waals surface area contributed by atoms with Gasteiger partial charge < -0.3 is 10.3 Å². The van der Waals surface area contributed by atoms with Gasteiger partial charge in [0.25, 0.3) is 0 Å². The van der Waals surface area contributed by atoms with Gasteiger partial charge in [-0.15, -0.1) is 0 Å². The molecule has 0 spiro atoms. The van der Waals surface area contributed by atoms with Crippen LogP contribution in [0.5, 0.6) is 0 Å². The van der Waals surface area contributed by atoms with Crippen molar-refractivity contribution in [2.75, 3.05) is 0 Å². The minimum absolute atomic E-state index is 0.608. The summed E-state index contributed by atoms with van der Waals surface area (Å²) in [5.41, 5.74) is 6.77. The highest BCUT2D eigenvalue weighted by atomic mass is 15.1.